The molecule has 31 heavy (non-hydrogen) atoms. The van der Waals surface area contributed by atoms with Crippen molar-refractivity contribution in [3.63, 3.8) is 0 Å². The van der Waals surface area contributed by atoms with Crippen molar-refractivity contribution < 1.29 is 18.9 Å². The molecular weight excluding hydrogens is 410 g/mol. The lowest BCUT2D eigenvalue weighted by atomic mass is 9.88. The zero-order valence-corrected chi connectivity index (χ0v) is 17.8. The van der Waals surface area contributed by atoms with Gasteiger partial charge in [0.05, 0.1) is 10.8 Å². The second-order valence-corrected chi connectivity index (χ2v) is 9.07. The summed E-state index contributed by atoms with van der Waals surface area (Å²) in [7, 11) is -1.28. The molecular formula is C25H23NO4S. The Bertz CT molecular complexity index is 1100. The van der Waals surface area contributed by atoms with Crippen molar-refractivity contribution in [1.82, 2.24) is 4.90 Å². The molecule has 0 radical (unpaired) electrons. The Kier molecular flexibility index (Phi) is 6.28. The van der Waals surface area contributed by atoms with Crippen LogP contribution in [0.25, 0.3) is 0 Å². The maximum Gasteiger partial charge on any atom is 0.253 e. The Morgan fingerprint density at radius 3 is 2.10 bits per heavy atom. The highest BCUT2D eigenvalue weighted by atomic mass is 32.2. The number of benzene rings is 3. The quantitative estimate of drug-likeness (QED) is 0.609. The molecule has 3 aromatic rings. The molecule has 4 rings (SSSR count). The first-order valence-corrected chi connectivity index (χ1v) is 11.4. The summed E-state index contributed by atoms with van der Waals surface area (Å²) >= 11 is 0. The molecule has 1 unspecified atom stereocenters. The van der Waals surface area contributed by atoms with Gasteiger partial charge in [0.15, 0.2) is 5.78 Å². The van der Waals surface area contributed by atoms with Crippen molar-refractivity contribution in [2.24, 2.45) is 5.92 Å². The van der Waals surface area contributed by atoms with Crippen LogP contribution in [0, 0.1) is 5.92 Å². The fourth-order valence-electron chi connectivity index (χ4n) is 3.82. The molecule has 3 aromatic carbocycles. The number of phenols is 1. The van der Waals surface area contributed by atoms with E-state index in [1.807, 2.05) is 30.3 Å². The van der Waals surface area contributed by atoms with Gasteiger partial charge in [0.25, 0.3) is 5.91 Å². The SMILES string of the molecule is O=C(c1ccc(S(=O)c2ccccc2)cc1)C1CCN(C(=O)c2cccc(O)c2)CC1. The Morgan fingerprint density at radius 1 is 0.806 bits per heavy atom. The van der Waals surface area contributed by atoms with Crippen LogP contribution in [-0.2, 0) is 10.8 Å². The van der Waals surface area contributed by atoms with E-state index in [9.17, 15) is 18.9 Å². The molecule has 1 fully saturated rings. The van der Waals surface area contributed by atoms with Crippen LogP contribution in [0.5, 0.6) is 5.75 Å². The first-order chi connectivity index (χ1) is 15.0. The highest BCUT2D eigenvalue weighted by Crippen LogP contribution is 2.25. The van der Waals surface area contributed by atoms with Crippen molar-refractivity contribution in [3.8, 4) is 5.75 Å². The van der Waals surface area contributed by atoms with Crippen molar-refractivity contribution in [1.29, 1.82) is 0 Å². The Labute approximate surface area is 183 Å². The van der Waals surface area contributed by atoms with Gasteiger partial charge in [0.2, 0.25) is 0 Å². The monoisotopic (exact) mass is 433 g/mol. The smallest absolute Gasteiger partial charge is 0.253 e. The number of carbonyl (C=O) groups excluding carboxylic acids is 2. The molecule has 1 atom stereocenters. The van der Waals surface area contributed by atoms with Gasteiger partial charge in [-0.25, -0.2) is 4.21 Å². The van der Waals surface area contributed by atoms with E-state index in [4.69, 9.17) is 0 Å². The number of hydrogen-bond donors (Lipinski definition) is 1. The molecule has 6 heteroatoms. The summed E-state index contributed by atoms with van der Waals surface area (Å²) in [5.74, 6) is -0.151. The molecule has 1 aliphatic heterocycles. The molecule has 0 aliphatic carbocycles. The molecule has 158 valence electrons. The average Bonchev–Trinajstić information content (AvgIpc) is 2.83. The van der Waals surface area contributed by atoms with Gasteiger partial charge in [0, 0.05) is 39.9 Å². The molecule has 5 nitrogen and oxygen atoms in total. The van der Waals surface area contributed by atoms with E-state index >= 15 is 0 Å². The summed E-state index contributed by atoms with van der Waals surface area (Å²) in [6.45, 7) is 1.00. The largest absolute Gasteiger partial charge is 0.508 e. The summed E-state index contributed by atoms with van der Waals surface area (Å²) in [5, 5.41) is 9.59. The Morgan fingerprint density at radius 2 is 1.45 bits per heavy atom. The topological polar surface area (TPSA) is 74.7 Å². The van der Waals surface area contributed by atoms with Crippen LogP contribution in [0.1, 0.15) is 33.6 Å². The Hall–Kier alpha value is -3.25. The van der Waals surface area contributed by atoms with Gasteiger partial charge >= 0.3 is 0 Å². The highest BCUT2D eigenvalue weighted by Gasteiger charge is 2.28. The molecule has 1 saturated heterocycles. The van der Waals surface area contributed by atoms with Crippen LogP contribution < -0.4 is 0 Å². The number of likely N-dealkylation sites (tertiary alicyclic amines) is 1. The predicted molar refractivity (Wildman–Crippen MR) is 119 cm³/mol. The number of piperidine rings is 1. The number of rotatable bonds is 5. The standard InChI is InChI=1S/C25H23NO4S/c27-21-6-4-5-20(17-21)25(29)26-15-13-19(14-16-26)24(28)18-9-11-23(12-10-18)31(30)22-7-2-1-3-8-22/h1-12,17,19,27H,13-16H2. The van der Waals surface area contributed by atoms with E-state index in [-0.39, 0.29) is 23.4 Å². The molecule has 0 aromatic heterocycles. The van der Waals surface area contributed by atoms with Crippen LogP contribution in [0.2, 0.25) is 0 Å². The van der Waals surface area contributed by atoms with E-state index in [1.165, 1.54) is 12.1 Å². The zero-order valence-electron chi connectivity index (χ0n) is 16.9. The number of Topliss-reactive ketones (excluding diaryl/α,β-unsaturated/α-hetero) is 1. The molecule has 1 N–H and O–H groups in total. The molecule has 1 aliphatic rings. The number of aromatic hydroxyl groups is 1. The van der Waals surface area contributed by atoms with Crippen LogP contribution in [-0.4, -0.2) is 39.0 Å². The molecule has 1 amide bonds. The number of phenolic OH excluding ortho intramolecular Hbond substituents is 1. The number of carbonyl (C=O) groups is 2. The third kappa shape index (κ3) is 4.75. The number of ketones is 1. The van der Waals surface area contributed by atoms with Gasteiger partial charge in [-0.15, -0.1) is 0 Å². The van der Waals surface area contributed by atoms with Crippen LogP contribution >= 0.6 is 0 Å². The third-order valence-corrected chi connectivity index (χ3v) is 6.96. The van der Waals surface area contributed by atoms with Gasteiger partial charge in [-0.3, -0.25) is 9.59 Å². The minimum absolute atomic E-state index is 0.0569. The number of amides is 1. The van der Waals surface area contributed by atoms with Crippen molar-refractivity contribution in [2.75, 3.05) is 13.1 Å². The maximum atomic E-state index is 12.9. The van der Waals surface area contributed by atoms with Crippen molar-refractivity contribution >= 4 is 22.5 Å². The summed E-state index contributed by atoms with van der Waals surface area (Å²) in [5.41, 5.74) is 1.05. The van der Waals surface area contributed by atoms with Gasteiger partial charge in [0.1, 0.15) is 5.75 Å². The maximum absolute atomic E-state index is 12.9. The molecule has 0 bridgehead atoms. The van der Waals surface area contributed by atoms with Crippen molar-refractivity contribution in [3.05, 3.63) is 90.0 Å². The van der Waals surface area contributed by atoms with Crippen LogP contribution in [0.3, 0.4) is 0 Å². The zero-order chi connectivity index (χ0) is 21.8. The first-order valence-electron chi connectivity index (χ1n) is 10.2. The van der Waals surface area contributed by atoms with E-state index < -0.39 is 10.8 Å². The first kappa shape index (κ1) is 21.0. The van der Waals surface area contributed by atoms with Gasteiger partial charge < -0.3 is 10.0 Å². The minimum Gasteiger partial charge on any atom is -0.508 e. The van der Waals surface area contributed by atoms with Crippen molar-refractivity contribution in [2.45, 2.75) is 22.6 Å². The number of hydrogen-bond acceptors (Lipinski definition) is 4. The normalized spacial score (nSPS) is 15.4. The van der Waals surface area contributed by atoms with Gasteiger partial charge in [-0.2, -0.15) is 0 Å². The van der Waals surface area contributed by atoms with E-state index in [2.05, 4.69) is 0 Å². The summed E-state index contributed by atoms with van der Waals surface area (Å²) in [4.78, 5) is 28.7. The summed E-state index contributed by atoms with van der Waals surface area (Å²) in [6, 6.07) is 22.5. The fourth-order valence-corrected chi connectivity index (χ4v) is 4.88. The minimum atomic E-state index is -1.28. The highest BCUT2D eigenvalue weighted by molar-refractivity contribution is 7.85. The number of nitrogens with zero attached hydrogens (tertiary/aromatic N) is 1. The lowest BCUT2D eigenvalue weighted by Gasteiger charge is -2.31. The second-order valence-electron chi connectivity index (χ2n) is 7.59. The molecule has 0 spiro atoms. The van der Waals surface area contributed by atoms with E-state index in [1.54, 1.807) is 41.3 Å². The summed E-state index contributed by atoms with van der Waals surface area (Å²) in [6.07, 6.45) is 1.20. The third-order valence-electron chi connectivity index (χ3n) is 5.56. The van der Waals surface area contributed by atoms with Gasteiger partial charge in [-0.1, -0.05) is 36.4 Å². The molecule has 1 heterocycles. The van der Waals surface area contributed by atoms with Crippen LogP contribution in [0.4, 0.5) is 0 Å². The van der Waals surface area contributed by atoms with E-state index in [0.717, 1.165) is 4.90 Å². The Balaban J connectivity index is 1.37. The molecule has 0 saturated carbocycles. The second kappa shape index (κ2) is 9.27. The van der Waals surface area contributed by atoms with E-state index in [0.29, 0.717) is 42.0 Å². The summed E-state index contributed by atoms with van der Waals surface area (Å²) < 4.78 is 12.6. The lowest BCUT2D eigenvalue weighted by molar-refractivity contribution is 0.0650. The van der Waals surface area contributed by atoms with Crippen LogP contribution in [0.15, 0.2) is 88.7 Å². The average molecular weight is 434 g/mol. The fraction of sp³-hybridized carbons (Fsp3) is 0.200. The lowest BCUT2D eigenvalue weighted by Crippen LogP contribution is -2.40. The predicted octanol–water partition coefficient (Wildman–Crippen LogP) is 4.29. The van der Waals surface area contributed by atoms with Gasteiger partial charge in [-0.05, 0) is 55.3 Å².